The molecule has 1 saturated heterocycles. The van der Waals surface area contributed by atoms with E-state index in [2.05, 4.69) is 15.6 Å². The third kappa shape index (κ3) is 5.13. The van der Waals surface area contributed by atoms with Crippen molar-refractivity contribution in [1.82, 2.24) is 15.6 Å². The van der Waals surface area contributed by atoms with Crippen molar-refractivity contribution < 1.29 is 27.6 Å². The van der Waals surface area contributed by atoms with Crippen LogP contribution in [0.2, 0.25) is 0 Å². The number of halogens is 3. The molecule has 30 heavy (non-hydrogen) atoms. The molecule has 0 radical (unpaired) electrons. The van der Waals surface area contributed by atoms with Crippen LogP contribution in [0.5, 0.6) is 0 Å². The van der Waals surface area contributed by atoms with Crippen LogP contribution in [0.3, 0.4) is 0 Å². The minimum atomic E-state index is -4.52. The predicted molar refractivity (Wildman–Crippen MR) is 101 cm³/mol. The molecule has 1 fully saturated rings. The zero-order valence-corrected chi connectivity index (χ0v) is 15.8. The smallest absolute Gasteiger partial charge is 0.354 e. The minimum absolute atomic E-state index is 0.00767. The molecule has 2 N–H and O–H groups in total. The van der Waals surface area contributed by atoms with Gasteiger partial charge in [0.05, 0.1) is 11.5 Å². The van der Waals surface area contributed by atoms with Crippen molar-refractivity contribution in [3.8, 4) is 0 Å². The molecule has 1 atom stereocenters. The first kappa shape index (κ1) is 21.3. The van der Waals surface area contributed by atoms with Crippen LogP contribution in [0.1, 0.15) is 22.5 Å². The second-order valence-electron chi connectivity index (χ2n) is 6.72. The third-order valence-corrected chi connectivity index (χ3v) is 4.59. The van der Waals surface area contributed by atoms with Crippen molar-refractivity contribution >= 4 is 23.4 Å². The number of anilines is 1. The largest absolute Gasteiger partial charge is 0.416 e. The average molecular weight is 420 g/mol. The molecule has 10 heteroatoms. The summed E-state index contributed by atoms with van der Waals surface area (Å²) in [5, 5.41) is 5.24. The molecule has 1 aliphatic heterocycles. The van der Waals surface area contributed by atoms with Crippen LogP contribution >= 0.6 is 0 Å². The van der Waals surface area contributed by atoms with E-state index in [0.29, 0.717) is 0 Å². The summed E-state index contributed by atoms with van der Waals surface area (Å²) in [6.07, 6.45) is -3.12. The summed E-state index contributed by atoms with van der Waals surface area (Å²) in [6, 6.07) is 9.36. The molecule has 1 aliphatic rings. The number of nitrogens with one attached hydrogen (secondary N) is 2. The monoisotopic (exact) mass is 420 g/mol. The van der Waals surface area contributed by atoms with Gasteiger partial charge in [-0.25, -0.2) is 0 Å². The van der Waals surface area contributed by atoms with E-state index in [1.807, 2.05) is 0 Å². The van der Waals surface area contributed by atoms with Crippen LogP contribution in [-0.4, -0.2) is 42.3 Å². The fourth-order valence-corrected chi connectivity index (χ4v) is 3.08. The van der Waals surface area contributed by atoms with Gasteiger partial charge in [-0.2, -0.15) is 13.2 Å². The van der Waals surface area contributed by atoms with Crippen LogP contribution in [0.15, 0.2) is 48.7 Å². The highest BCUT2D eigenvalue weighted by molar-refractivity contribution is 6.00. The lowest BCUT2D eigenvalue weighted by Gasteiger charge is -2.18. The number of aromatic nitrogens is 1. The van der Waals surface area contributed by atoms with Crippen molar-refractivity contribution in [2.45, 2.75) is 12.6 Å². The van der Waals surface area contributed by atoms with Crippen molar-refractivity contribution in [3.63, 3.8) is 0 Å². The highest BCUT2D eigenvalue weighted by Crippen LogP contribution is 2.33. The zero-order valence-electron chi connectivity index (χ0n) is 15.8. The van der Waals surface area contributed by atoms with E-state index in [4.69, 9.17) is 0 Å². The van der Waals surface area contributed by atoms with Crippen LogP contribution < -0.4 is 15.5 Å². The average Bonchev–Trinajstić information content (AvgIpc) is 3.13. The molecule has 0 spiro atoms. The Balaban J connectivity index is 1.50. The van der Waals surface area contributed by atoms with Gasteiger partial charge in [0, 0.05) is 37.9 Å². The molecule has 1 aromatic heterocycles. The molecule has 3 rings (SSSR count). The molecule has 158 valence electrons. The van der Waals surface area contributed by atoms with Gasteiger partial charge in [0.2, 0.25) is 11.8 Å². The molecule has 0 aliphatic carbocycles. The molecule has 0 saturated carbocycles. The highest BCUT2D eigenvalue weighted by Gasteiger charge is 2.36. The van der Waals surface area contributed by atoms with Gasteiger partial charge in [-0.3, -0.25) is 19.4 Å². The SMILES string of the molecule is O=C(NCCNC(=O)[C@H]1CC(=O)N(c2cccc(C(F)(F)F)c2)C1)c1ccccn1. The number of nitrogens with zero attached hydrogens (tertiary/aromatic N) is 2. The number of hydrogen-bond acceptors (Lipinski definition) is 4. The van der Waals surface area contributed by atoms with Crippen LogP contribution in [0, 0.1) is 5.92 Å². The molecule has 2 aromatic rings. The standard InChI is InChI=1S/C20H19F3N4O3/c21-20(22,23)14-4-3-5-15(11-14)27-12-13(10-17(27)28)18(29)25-8-9-26-19(30)16-6-1-2-7-24-16/h1-7,11,13H,8-10,12H2,(H,25,29)(H,26,30)/t13-/m0/s1. The van der Waals surface area contributed by atoms with Crippen molar-refractivity contribution in [1.29, 1.82) is 0 Å². The molecular formula is C20H19F3N4O3. The molecule has 7 nitrogen and oxygen atoms in total. The van der Waals surface area contributed by atoms with Crippen molar-refractivity contribution in [2.75, 3.05) is 24.5 Å². The van der Waals surface area contributed by atoms with Crippen LogP contribution in [0.4, 0.5) is 18.9 Å². The number of benzene rings is 1. The summed E-state index contributed by atoms with van der Waals surface area (Å²) < 4.78 is 38.7. The summed E-state index contributed by atoms with van der Waals surface area (Å²) in [4.78, 5) is 41.5. The maximum Gasteiger partial charge on any atom is 0.416 e. The molecule has 0 bridgehead atoms. The fraction of sp³-hybridized carbons (Fsp3) is 0.300. The molecule has 3 amide bonds. The lowest BCUT2D eigenvalue weighted by Crippen LogP contribution is -2.38. The van der Waals surface area contributed by atoms with Crippen molar-refractivity contribution in [3.05, 3.63) is 59.9 Å². The van der Waals surface area contributed by atoms with E-state index in [1.165, 1.54) is 23.2 Å². The molecule has 0 unspecified atom stereocenters. The quantitative estimate of drug-likeness (QED) is 0.700. The summed E-state index contributed by atoms with van der Waals surface area (Å²) in [5.74, 6) is -1.88. The Labute approximate surface area is 170 Å². The van der Waals surface area contributed by atoms with Crippen LogP contribution in [-0.2, 0) is 15.8 Å². The number of pyridine rings is 1. The van der Waals surface area contributed by atoms with Gasteiger partial charge >= 0.3 is 6.18 Å². The fourth-order valence-electron chi connectivity index (χ4n) is 3.08. The second-order valence-corrected chi connectivity index (χ2v) is 6.72. The lowest BCUT2D eigenvalue weighted by atomic mass is 10.1. The number of alkyl halides is 3. The Morgan fingerprint density at radius 1 is 1.10 bits per heavy atom. The molecular weight excluding hydrogens is 401 g/mol. The highest BCUT2D eigenvalue weighted by atomic mass is 19.4. The maximum atomic E-state index is 12.9. The lowest BCUT2D eigenvalue weighted by molar-refractivity contribution is -0.137. The van der Waals surface area contributed by atoms with Gasteiger partial charge in [0.25, 0.3) is 5.91 Å². The topological polar surface area (TPSA) is 91.4 Å². The van der Waals surface area contributed by atoms with E-state index < -0.39 is 29.5 Å². The Bertz CT molecular complexity index is 934. The Morgan fingerprint density at radius 2 is 1.87 bits per heavy atom. The number of hydrogen-bond donors (Lipinski definition) is 2. The van der Waals surface area contributed by atoms with Gasteiger partial charge in [0.1, 0.15) is 5.69 Å². The summed E-state index contributed by atoms with van der Waals surface area (Å²) >= 11 is 0. The first-order chi connectivity index (χ1) is 14.3. The van der Waals surface area contributed by atoms with E-state index in [1.54, 1.807) is 18.2 Å². The summed E-state index contributed by atoms with van der Waals surface area (Å²) in [7, 11) is 0. The summed E-state index contributed by atoms with van der Waals surface area (Å²) in [6.45, 7) is 0.303. The van der Waals surface area contributed by atoms with Crippen LogP contribution in [0.25, 0.3) is 0 Å². The Hall–Kier alpha value is -3.43. The second kappa shape index (κ2) is 8.93. The van der Waals surface area contributed by atoms with Gasteiger partial charge in [-0.1, -0.05) is 12.1 Å². The number of amides is 3. The Kier molecular flexibility index (Phi) is 6.34. The normalized spacial score (nSPS) is 16.4. The molecule has 1 aromatic carbocycles. The van der Waals surface area contributed by atoms with Gasteiger partial charge < -0.3 is 15.5 Å². The van der Waals surface area contributed by atoms with E-state index in [0.717, 1.165) is 12.1 Å². The van der Waals surface area contributed by atoms with E-state index in [-0.39, 0.29) is 43.3 Å². The summed E-state index contributed by atoms with van der Waals surface area (Å²) in [5.41, 5.74) is -0.501. The number of carbonyl (C=O) groups excluding carboxylic acids is 3. The maximum absolute atomic E-state index is 12.9. The van der Waals surface area contributed by atoms with Gasteiger partial charge in [0.15, 0.2) is 0 Å². The minimum Gasteiger partial charge on any atom is -0.354 e. The predicted octanol–water partition coefficient (Wildman–Crippen LogP) is 2.00. The number of rotatable bonds is 6. The van der Waals surface area contributed by atoms with E-state index in [9.17, 15) is 27.6 Å². The number of carbonyl (C=O) groups is 3. The zero-order chi connectivity index (χ0) is 21.7. The molecule has 2 heterocycles. The van der Waals surface area contributed by atoms with Crippen molar-refractivity contribution in [2.24, 2.45) is 5.92 Å². The Morgan fingerprint density at radius 3 is 2.57 bits per heavy atom. The van der Waals surface area contributed by atoms with Gasteiger partial charge in [-0.05, 0) is 30.3 Å². The first-order valence-electron chi connectivity index (χ1n) is 9.20. The van der Waals surface area contributed by atoms with E-state index >= 15 is 0 Å². The van der Waals surface area contributed by atoms with Gasteiger partial charge in [-0.15, -0.1) is 0 Å². The third-order valence-electron chi connectivity index (χ3n) is 4.59. The first-order valence-corrected chi connectivity index (χ1v) is 9.20.